The molecule has 0 saturated heterocycles. The number of carbonyl (C=O) groups is 1. The minimum absolute atomic E-state index is 0.167. The van der Waals surface area contributed by atoms with Gasteiger partial charge in [-0.15, -0.1) is 0 Å². The van der Waals surface area contributed by atoms with Gasteiger partial charge in [-0.25, -0.2) is 0 Å². The molecule has 6 nitrogen and oxygen atoms in total. The number of amides is 1. The summed E-state index contributed by atoms with van der Waals surface area (Å²) >= 11 is 6.46. The lowest BCUT2D eigenvalue weighted by Gasteiger charge is -2.38. The summed E-state index contributed by atoms with van der Waals surface area (Å²) in [4.78, 5) is 30.5. The van der Waals surface area contributed by atoms with E-state index in [1.165, 1.54) is 0 Å². The molecule has 1 aliphatic rings. The molecule has 0 spiro atoms. The Morgan fingerprint density at radius 1 is 1.19 bits per heavy atom. The van der Waals surface area contributed by atoms with Crippen LogP contribution in [0.25, 0.3) is 0 Å². The Labute approximate surface area is 195 Å². The van der Waals surface area contributed by atoms with Crippen LogP contribution < -0.4 is 15.8 Å². The number of halogens is 1. The molecule has 174 valence electrons. The summed E-state index contributed by atoms with van der Waals surface area (Å²) in [6, 6.07) is 5.96. The Bertz CT molecular complexity index is 1030. The molecule has 0 radical (unpaired) electrons. The number of benzene rings is 1. The zero-order valence-electron chi connectivity index (χ0n) is 19.7. The Balaban J connectivity index is 1.82. The van der Waals surface area contributed by atoms with Gasteiger partial charge in [-0.3, -0.25) is 9.59 Å². The third kappa shape index (κ3) is 5.36. The minimum Gasteiger partial charge on any atom is -0.381 e. The Hall–Kier alpha value is -2.31. The largest absolute Gasteiger partial charge is 0.381 e. The van der Waals surface area contributed by atoms with E-state index in [-0.39, 0.29) is 18.0 Å². The predicted molar refractivity (Wildman–Crippen MR) is 130 cm³/mol. The fourth-order valence-electron chi connectivity index (χ4n) is 4.78. The van der Waals surface area contributed by atoms with Crippen molar-refractivity contribution in [1.29, 1.82) is 0 Å². The lowest BCUT2D eigenvalue weighted by molar-refractivity contribution is 0.0656. The molecule has 1 heterocycles. The molecule has 0 bridgehead atoms. The molecule has 3 rings (SSSR count). The molecule has 0 aliphatic heterocycles. The lowest BCUT2D eigenvalue weighted by Crippen LogP contribution is -2.40. The van der Waals surface area contributed by atoms with E-state index in [1.807, 2.05) is 32.9 Å². The highest BCUT2D eigenvalue weighted by Gasteiger charge is 2.27. The van der Waals surface area contributed by atoms with Gasteiger partial charge in [0.1, 0.15) is 0 Å². The molecule has 1 aromatic heterocycles. The minimum atomic E-state index is -0.232. The van der Waals surface area contributed by atoms with E-state index in [4.69, 9.17) is 16.3 Å². The monoisotopic (exact) mass is 459 g/mol. The smallest absolute Gasteiger partial charge is 0.253 e. The summed E-state index contributed by atoms with van der Waals surface area (Å²) in [7, 11) is 1.78. The third-order valence-electron chi connectivity index (χ3n) is 6.58. The summed E-state index contributed by atoms with van der Waals surface area (Å²) in [5.41, 5.74) is 4.49. The van der Waals surface area contributed by atoms with E-state index < -0.39 is 0 Å². The van der Waals surface area contributed by atoms with Crippen LogP contribution in [0, 0.1) is 20.8 Å². The fraction of sp³-hybridized carbons (Fsp3) is 0.520. The van der Waals surface area contributed by atoms with Gasteiger partial charge in [-0.2, -0.15) is 0 Å². The van der Waals surface area contributed by atoms with Gasteiger partial charge in [-0.05, 0) is 82.7 Å². The molecule has 0 unspecified atom stereocenters. The topological polar surface area (TPSA) is 74.4 Å². The van der Waals surface area contributed by atoms with Crippen molar-refractivity contribution in [3.63, 3.8) is 0 Å². The van der Waals surface area contributed by atoms with Crippen LogP contribution in [0.4, 0.5) is 5.69 Å². The number of aromatic amines is 1. The van der Waals surface area contributed by atoms with Crippen molar-refractivity contribution in [2.24, 2.45) is 0 Å². The van der Waals surface area contributed by atoms with E-state index in [0.29, 0.717) is 28.3 Å². The molecular formula is C25H34ClN3O3. The van der Waals surface area contributed by atoms with E-state index in [0.717, 1.165) is 54.7 Å². The number of methoxy groups -OCH3 is 1. The molecule has 7 heteroatoms. The highest BCUT2D eigenvalue weighted by atomic mass is 35.5. The average Bonchev–Trinajstić information content (AvgIpc) is 2.75. The van der Waals surface area contributed by atoms with Crippen LogP contribution >= 0.6 is 11.6 Å². The van der Waals surface area contributed by atoms with Crippen LogP contribution in [0.15, 0.2) is 23.0 Å². The molecule has 1 aromatic carbocycles. The summed E-state index contributed by atoms with van der Waals surface area (Å²) < 4.78 is 5.52. The maximum Gasteiger partial charge on any atom is 0.253 e. The van der Waals surface area contributed by atoms with Crippen LogP contribution in [0.2, 0.25) is 5.02 Å². The lowest BCUT2D eigenvalue weighted by atomic mass is 9.91. The number of aryl methyl sites for hydroxylation is 2. The molecule has 1 aliphatic carbocycles. The summed E-state index contributed by atoms with van der Waals surface area (Å²) in [6.07, 6.45) is 4.51. The first-order chi connectivity index (χ1) is 15.2. The van der Waals surface area contributed by atoms with E-state index in [1.54, 1.807) is 13.2 Å². The number of ether oxygens (including phenoxy) is 1. The maximum absolute atomic E-state index is 13.1. The van der Waals surface area contributed by atoms with Gasteiger partial charge in [-0.1, -0.05) is 11.6 Å². The van der Waals surface area contributed by atoms with Crippen LogP contribution in [-0.4, -0.2) is 36.7 Å². The average molecular weight is 460 g/mol. The number of hydrogen-bond acceptors (Lipinski definition) is 4. The zero-order valence-corrected chi connectivity index (χ0v) is 20.4. The standard InChI is InChI=1S/C25H34ClN3O3/c1-6-29(19-7-9-20(32-5)10-8-19)23-13-18(26)12-21(17(23)4)24(30)27-14-22-15(2)11-16(3)28-25(22)31/h11-13,19-20H,6-10,14H2,1-5H3,(H,27,30)(H,28,31)/t19-,20-. The summed E-state index contributed by atoms with van der Waals surface area (Å²) in [5.74, 6) is -0.232. The second-order valence-electron chi connectivity index (χ2n) is 8.68. The number of pyridine rings is 1. The van der Waals surface area contributed by atoms with Crippen molar-refractivity contribution in [3.8, 4) is 0 Å². The molecular weight excluding hydrogens is 426 g/mol. The van der Waals surface area contributed by atoms with E-state index >= 15 is 0 Å². The van der Waals surface area contributed by atoms with Crippen molar-refractivity contribution in [3.05, 3.63) is 61.5 Å². The Morgan fingerprint density at radius 2 is 1.88 bits per heavy atom. The van der Waals surface area contributed by atoms with Crippen LogP contribution in [-0.2, 0) is 11.3 Å². The van der Waals surface area contributed by atoms with Gasteiger partial charge in [0.25, 0.3) is 11.5 Å². The van der Waals surface area contributed by atoms with E-state index in [2.05, 4.69) is 22.1 Å². The normalized spacial score (nSPS) is 18.4. The molecule has 1 fully saturated rings. The molecule has 1 amide bonds. The molecule has 2 aromatic rings. The van der Waals surface area contributed by atoms with Gasteiger partial charge in [0.05, 0.1) is 6.10 Å². The fourth-order valence-corrected chi connectivity index (χ4v) is 4.99. The third-order valence-corrected chi connectivity index (χ3v) is 6.80. The first-order valence-corrected chi connectivity index (χ1v) is 11.7. The zero-order chi connectivity index (χ0) is 23.4. The van der Waals surface area contributed by atoms with Gasteiger partial charge in [0.15, 0.2) is 0 Å². The van der Waals surface area contributed by atoms with Crippen LogP contribution in [0.3, 0.4) is 0 Å². The number of carbonyl (C=O) groups excluding carboxylic acids is 1. The highest BCUT2D eigenvalue weighted by Crippen LogP contribution is 2.33. The second kappa shape index (κ2) is 10.5. The number of H-pyrrole nitrogens is 1. The number of nitrogens with one attached hydrogen (secondary N) is 2. The first-order valence-electron chi connectivity index (χ1n) is 11.3. The highest BCUT2D eigenvalue weighted by molar-refractivity contribution is 6.31. The van der Waals surface area contributed by atoms with Crippen LogP contribution in [0.5, 0.6) is 0 Å². The van der Waals surface area contributed by atoms with Crippen LogP contribution in [0.1, 0.15) is 65.3 Å². The maximum atomic E-state index is 13.1. The van der Waals surface area contributed by atoms with Gasteiger partial charge in [0.2, 0.25) is 0 Å². The second-order valence-corrected chi connectivity index (χ2v) is 9.11. The number of anilines is 1. The predicted octanol–water partition coefficient (Wildman–Crippen LogP) is 4.67. The molecule has 1 saturated carbocycles. The Morgan fingerprint density at radius 3 is 2.47 bits per heavy atom. The Kier molecular flexibility index (Phi) is 8.01. The number of aromatic nitrogens is 1. The molecule has 2 N–H and O–H groups in total. The van der Waals surface area contributed by atoms with Crippen molar-refractivity contribution < 1.29 is 9.53 Å². The molecule has 32 heavy (non-hydrogen) atoms. The summed E-state index contributed by atoms with van der Waals surface area (Å²) in [6.45, 7) is 8.82. The van der Waals surface area contributed by atoms with Crippen molar-refractivity contribution in [2.45, 2.75) is 72.1 Å². The van der Waals surface area contributed by atoms with Crippen molar-refractivity contribution in [2.75, 3.05) is 18.6 Å². The van der Waals surface area contributed by atoms with Gasteiger partial charge in [0, 0.05) is 53.8 Å². The SMILES string of the molecule is CCN(c1cc(Cl)cc(C(=O)NCc2c(C)cc(C)[nH]c2=O)c1C)[C@H]1CC[C@H](OC)CC1. The number of rotatable bonds is 7. The molecule has 0 atom stereocenters. The van der Waals surface area contributed by atoms with Crippen molar-refractivity contribution in [1.82, 2.24) is 10.3 Å². The quantitative estimate of drug-likeness (QED) is 0.631. The number of hydrogen-bond donors (Lipinski definition) is 2. The first kappa shape index (κ1) is 24.3. The van der Waals surface area contributed by atoms with Gasteiger partial charge >= 0.3 is 0 Å². The van der Waals surface area contributed by atoms with Crippen molar-refractivity contribution >= 4 is 23.2 Å². The number of nitrogens with zero attached hydrogens (tertiary/aromatic N) is 1. The van der Waals surface area contributed by atoms with E-state index in [9.17, 15) is 9.59 Å². The summed E-state index contributed by atoms with van der Waals surface area (Å²) in [5, 5.41) is 3.44. The van der Waals surface area contributed by atoms with Gasteiger partial charge < -0.3 is 19.9 Å².